The summed E-state index contributed by atoms with van der Waals surface area (Å²) in [5.41, 5.74) is 1.55. The van der Waals surface area contributed by atoms with Gasteiger partial charge in [-0.1, -0.05) is 35.0 Å². The fourth-order valence-electron chi connectivity index (χ4n) is 1.49. The Balaban J connectivity index is 2.41. The van der Waals surface area contributed by atoms with E-state index in [0.29, 0.717) is 16.6 Å². The third-order valence-electron chi connectivity index (χ3n) is 2.19. The van der Waals surface area contributed by atoms with Crippen LogP contribution in [-0.4, -0.2) is 28.4 Å². The number of carbonyl (C=O) groups is 1. The Morgan fingerprint density at radius 2 is 2.31 bits per heavy atom. The molecule has 1 heterocycles. The molecule has 0 aromatic heterocycles. The van der Waals surface area contributed by atoms with Crippen molar-refractivity contribution in [2.45, 2.75) is 6.42 Å². The molecule has 16 heavy (non-hydrogen) atoms. The van der Waals surface area contributed by atoms with E-state index in [0.717, 1.165) is 0 Å². The number of hydrogen-bond donors (Lipinski definition) is 2. The van der Waals surface area contributed by atoms with Crippen molar-refractivity contribution in [1.82, 2.24) is 0 Å². The summed E-state index contributed by atoms with van der Waals surface area (Å²) in [6.45, 7) is 0. The van der Waals surface area contributed by atoms with Crippen LogP contribution in [0.4, 0.5) is 0 Å². The van der Waals surface area contributed by atoms with Crippen molar-refractivity contribution in [1.29, 1.82) is 0 Å². The van der Waals surface area contributed by atoms with Crippen LogP contribution in [0.3, 0.4) is 0 Å². The molecule has 0 saturated carbocycles. The summed E-state index contributed by atoms with van der Waals surface area (Å²) < 4.78 is 4.64. The van der Waals surface area contributed by atoms with Gasteiger partial charge >= 0.3 is 13.1 Å². The molecule has 0 aliphatic carbocycles. The van der Waals surface area contributed by atoms with E-state index in [1.54, 1.807) is 18.2 Å². The van der Waals surface area contributed by atoms with Crippen LogP contribution in [0.1, 0.15) is 11.1 Å². The van der Waals surface area contributed by atoms with Gasteiger partial charge in [-0.2, -0.15) is 0 Å². The lowest BCUT2D eigenvalue weighted by Crippen LogP contribution is -2.39. The maximum absolute atomic E-state index is 10.5. The van der Waals surface area contributed by atoms with Crippen LogP contribution in [0, 0.1) is 0 Å². The normalized spacial score (nSPS) is 13.9. The lowest BCUT2D eigenvalue weighted by Gasteiger charge is -2.15. The Morgan fingerprint density at radius 3 is 3.00 bits per heavy atom. The van der Waals surface area contributed by atoms with E-state index in [1.165, 1.54) is 0 Å². The predicted octanol–water partition coefficient (Wildman–Crippen LogP) is -0.0682. The fraction of sp³-hybridized carbons (Fsp3) is 0.111. The van der Waals surface area contributed by atoms with Crippen LogP contribution in [0.2, 0.25) is 0 Å². The smallest absolute Gasteiger partial charge is 0.481 e. The van der Waals surface area contributed by atoms with Crippen LogP contribution >= 0.6 is 11.6 Å². The van der Waals surface area contributed by atoms with Crippen molar-refractivity contribution in [3.05, 3.63) is 29.3 Å². The largest absolute Gasteiger partial charge is 0.583 e. The van der Waals surface area contributed by atoms with Gasteiger partial charge in [-0.25, -0.2) is 0 Å². The third kappa shape index (κ3) is 2.03. The Morgan fingerprint density at radius 1 is 1.56 bits per heavy atom. The SMILES string of the molecule is O=C(O)Cc1ccc2c(c1)B(O)ON=C2Cl. The molecule has 1 aliphatic rings. The first kappa shape index (κ1) is 11.0. The van der Waals surface area contributed by atoms with Crippen molar-refractivity contribution in [3.8, 4) is 0 Å². The molecule has 0 saturated heterocycles. The summed E-state index contributed by atoms with van der Waals surface area (Å²) in [5.74, 6) is -0.939. The summed E-state index contributed by atoms with van der Waals surface area (Å²) in [6, 6.07) is 4.79. The highest BCUT2D eigenvalue weighted by Crippen LogP contribution is 2.12. The second-order valence-electron chi connectivity index (χ2n) is 3.33. The number of aliphatic carboxylic acids is 1. The van der Waals surface area contributed by atoms with Gasteiger partial charge in [0.15, 0.2) is 5.17 Å². The minimum absolute atomic E-state index is 0.116. The Hall–Kier alpha value is -1.53. The van der Waals surface area contributed by atoms with Gasteiger partial charge in [0.05, 0.1) is 6.42 Å². The maximum atomic E-state index is 10.5. The van der Waals surface area contributed by atoms with E-state index in [9.17, 15) is 9.82 Å². The summed E-state index contributed by atoms with van der Waals surface area (Å²) in [4.78, 5) is 10.5. The summed E-state index contributed by atoms with van der Waals surface area (Å²) in [6.07, 6.45) is -0.116. The predicted molar refractivity (Wildman–Crippen MR) is 58.9 cm³/mol. The zero-order valence-electron chi connectivity index (χ0n) is 8.05. The van der Waals surface area contributed by atoms with E-state index in [2.05, 4.69) is 9.91 Å². The van der Waals surface area contributed by atoms with Gasteiger partial charge in [-0.15, -0.1) is 0 Å². The average molecular weight is 239 g/mol. The number of rotatable bonds is 2. The lowest BCUT2D eigenvalue weighted by atomic mass is 9.75. The molecule has 0 fully saturated rings. The lowest BCUT2D eigenvalue weighted by molar-refractivity contribution is -0.136. The molecule has 1 aromatic carbocycles. The van der Waals surface area contributed by atoms with Crippen LogP contribution in [0.5, 0.6) is 0 Å². The highest BCUT2D eigenvalue weighted by molar-refractivity contribution is 6.74. The first-order valence-corrected chi connectivity index (χ1v) is 4.88. The molecule has 5 nitrogen and oxygen atoms in total. The van der Waals surface area contributed by atoms with Gasteiger partial charge in [0.1, 0.15) is 0 Å². The van der Waals surface area contributed by atoms with E-state index < -0.39 is 13.1 Å². The molecule has 2 rings (SSSR count). The number of fused-ring (bicyclic) bond motifs is 1. The van der Waals surface area contributed by atoms with Gasteiger partial charge in [0, 0.05) is 11.0 Å². The molecular weight excluding hydrogens is 232 g/mol. The van der Waals surface area contributed by atoms with E-state index in [4.69, 9.17) is 16.7 Å². The first-order chi connectivity index (χ1) is 7.58. The van der Waals surface area contributed by atoms with Gasteiger partial charge in [0.25, 0.3) is 0 Å². The number of carboxylic acid groups (broad SMARTS) is 1. The molecule has 0 bridgehead atoms. The standard InChI is InChI=1S/C9H7BClNO4/c11-9-6-2-1-5(4-8(13)14)3-7(6)10(15)16-12-9/h1-3,15H,4H2,(H,13,14). The van der Waals surface area contributed by atoms with Crippen LogP contribution in [0.15, 0.2) is 23.4 Å². The number of carboxylic acids is 1. The van der Waals surface area contributed by atoms with E-state index in [1.807, 2.05) is 0 Å². The van der Waals surface area contributed by atoms with Crippen LogP contribution in [-0.2, 0) is 16.0 Å². The highest BCUT2D eigenvalue weighted by atomic mass is 35.5. The number of benzene rings is 1. The minimum atomic E-state index is -1.20. The topological polar surface area (TPSA) is 79.1 Å². The number of halogens is 1. The van der Waals surface area contributed by atoms with Gasteiger partial charge in [0.2, 0.25) is 0 Å². The molecule has 0 amide bonds. The third-order valence-corrected chi connectivity index (χ3v) is 2.46. The molecule has 7 heteroatoms. The fourth-order valence-corrected chi connectivity index (χ4v) is 1.70. The maximum Gasteiger partial charge on any atom is 0.583 e. The number of oxime groups is 1. The monoisotopic (exact) mass is 239 g/mol. The van der Waals surface area contributed by atoms with Gasteiger partial charge < -0.3 is 14.9 Å². The van der Waals surface area contributed by atoms with Crippen molar-refractivity contribution >= 4 is 35.3 Å². The van der Waals surface area contributed by atoms with Crippen LogP contribution in [0.25, 0.3) is 0 Å². The van der Waals surface area contributed by atoms with Gasteiger partial charge in [-0.05, 0) is 5.56 Å². The van der Waals surface area contributed by atoms with Crippen LogP contribution < -0.4 is 5.46 Å². The van der Waals surface area contributed by atoms with Crippen molar-refractivity contribution < 1.29 is 19.7 Å². The molecule has 0 unspecified atom stereocenters. The Labute approximate surface area is 96.4 Å². The zero-order valence-corrected chi connectivity index (χ0v) is 8.81. The Bertz CT molecular complexity index is 477. The second-order valence-corrected chi connectivity index (χ2v) is 3.69. The van der Waals surface area contributed by atoms with E-state index >= 15 is 0 Å². The quantitative estimate of drug-likeness (QED) is 0.708. The summed E-state index contributed by atoms with van der Waals surface area (Å²) >= 11 is 5.77. The zero-order chi connectivity index (χ0) is 11.7. The first-order valence-electron chi connectivity index (χ1n) is 4.50. The number of hydrogen-bond acceptors (Lipinski definition) is 4. The number of nitrogens with zero attached hydrogens (tertiary/aromatic N) is 1. The second kappa shape index (κ2) is 4.15. The van der Waals surface area contributed by atoms with Crippen molar-refractivity contribution in [2.24, 2.45) is 5.16 Å². The minimum Gasteiger partial charge on any atom is -0.481 e. The summed E-state index contributed by atoms with van der Waals surface area (Å²) in [5, 5.41) is 21.7. The van der Waals surface area contributed by atoms with E-state index in [-0.39, 0.29) is 11.6 Å². The molecular formula is C9H7BClNO4. The molecule has 0 atom stereocenters. The molecule has 1 aromatic rings. The molecule has 0 spiro atoms. The molecule has 82 valence electrons. The summed E-state index contributed by atoms with van der Waals surface area (Å²) in [7, 11) is -1.20. The molecule has 0 radical (unpaired) electrons. The molecule has 2 N–H and O–H groups in total. The van der Waals surface area contributed by atoms with Crippen molar-refractivity contribution in [3.63, 3.8) is 0 Å². The average Bonchev–Trinajstić information content (AvgIpc) is 2.23. The van der Waals surface area contributed by atoms with Crippen molar-refractivity contribution in [2.75, 3.05) is 0 Å². The van der Waals surface area contributed by atoms with Gasteiger partial charge in [-0.3, -0.25) is 4.79 Å². The molecule has 1 aliphatic heterocycles. The Kier molecular flexibility index (Phi) is 2.85. The highest BCUT2D eigenvalue weighted by Gasteiger charge is 2.28.